The maximum atomic E-state index is 13.9. The van der Waals surface area contributed by atoms with Crippen molar-refractivity contribution in [3.05, 3.63) is 65.0 Å². The van der Waals surface area contributed by atoms with Gasteiger partial charge in [0.25, 0.3) is 0 Å². The lowest BCUT2D eigenvalue weighted by atomic mass is 10.1. The number of rotatable bonds is 5. The van der Waals surface area contributed by atoms with E-state index in [1.54, 1.807) is 0 Å². The molecule has 1 N–H and O–H groups in total. The fourth-order valence-corrected chi connectivity index (χ4v) is 3.23. The Labute approximate surface area is 145 Å². The van der Waals surface area contributed by atoms with Crippen LogP contribution < -0.4 is 5.32 Å². The Kier molecular flexibility index (Phi) is 5.38. The van der Waals surface area contributed by atoms with Gasteiger partial charge in [-0.2, -0.15) is 0 Å². The summed E-state index contributed by atoms with van der Waals surface area (Å²) < 4.78 is 27.4. The van der Waals surface area contributed by atoms with Crippen molar-refractivity contribution in [1.29, 1.82) is 0 Å². The largest absolute Gasteiger partial charge is 0.351 e. The van der Waals surface area contributed by atoms with E-state index in [0.29, 0.717) is 18.7 Å². The van der Waals surface area contributed by atoms with E-state index < -0.39 is 5.82 Å². The monoisotopic (exact) mass is 345 g/mol. The first kappa shape index (κ1) is 17.5. The Morgan fingerprint density at radius 1 is 1.32 bits per heavy atom. The predicted molar refractivity (Wildman–Crippen MR) is 90.5 cm³/mol. The average Bonchev–Trinajstić information content (AvgIpc) is 3.05. The van der Waals surface area contributed by atoms with E-state index in [2.05, 4.69) is 15.2 Å². The summed E-state index contributed by atoms with van der Waals surface area (Å²) in [4.78, 5) is 17.8. The van der Waals surface area contributed by atoms with Gasteiger partial charge in [-0.15, -0.1) is 0 Å². The molecule has 1 atom stereocenters. The molecule has 1 aromatic heterocycles. The first-order valence-corrected chi connectivity index (χ1v) is 8.41. The Balaban J connectivity index is 1.76. The van der Waals surface area contributed by atoms with Gasteiger partial charge >= 0.3 is 0 Å². The van der Waals surface area contributed by atoms with E-state index in [4.69, 9.17) is 0 Å². The number of amides is 1. The normalized spacial score (nSPS) is 17.6. The smallest absolute Gasteiger partial charge is 0.217 e. The van der Waals surface area contributed by atoms with Crippen molar-refractivity contribution in [2.75, 3.05) is 6.54 Å². The number of pyridine rings is 1. The summed E-state index contributed by atoms with van der Waals surface area (Å²) in [5, 5.41) is 2.74. The highest BCUT2D eigenvalue weighted by Gasteiger charge is 2.28. The third kappa shape index (κ3) is 4.39. The molecule has 3 rings (SSSR count). The number of benzene rings is 1. The van der Waals surface area contributed by atoms with Crippen LogP contribution in [0.1, 0.15) is 42.8 Å². The molecule has 1 saturated heterocycles. The minimum atomic E-state index is -0.428. The van der Waals surface area contributed by atoms with Gasteiger partial charge in [-0.05, 0) is 49.7 Å². The Morgan fingerprint density at radius 2 is 2.16 bits per heavy atom. The van der Waals surface area contributed by atoms with Crippen LogP contribution in [-0.2, 0) is 17.9 Å². The minimum absolute atomic E-state index is 0.0694. The van der Waals surface area contributed by atoms with E-state index in [0.717, 1.165) is 36.8 Å². The quantitative estimate of drug-likeness (QED) is 0.904. The SMILES string of the molecule is CC(=O)NCc1cccc([C@@H]2CCCN2Cc2cc(F)ccc2F)n1. The molecular formula is C19H21F2N3O. The molecule has 1 amide bonds. The van der Waals surface area contributed by atoms with Crippen LogP contribution in [0.15, 0.2) is 36.4 Å². The highest BCUT2D eigenvalue weighted by atomic mass is 19.1. The summed E-state index contributed by atoms with van der Waals surface area (Å²) in [6, 6.07) is 9.35. The van der Waals surface area contributed by atoms with Gasteiger partial charge in [-0.3, -0.25) is 14.7 Å². The van der Waals surface area contributed by atoms with E-state index in [9.17, 15) is 13.6 Å². The predicted octanol–water partition coefficient (Wildman–Crippen LogP) is 3.33. The second kappa shape index (κ2) is 7.70. The second-order valence-electron chi connectivity index (χ2n) is 6.33. The van der Waals surface area contributed by atoms with Crippen LogP contribution in [0.4, 0.5) is 8.78 Å². The Morgan fingerprint density at radius 3 is 2.96 bits per heavy atom. The molecule has 0 aliphatic carbocycles. The van der Waals surface area contributed by atoms with Gasteiger partial charge < -0.3 is 5.32 Å². The molecule has 0 bridgehead atoms. The van der Waals surface area contributed by atoms with Crippen LogP contribution in [0.5, 0.6) is 0 Å². The molecule has 4 nitrogen and oxygen atoms in total. The van der Waals surface area contributed by atoms with Crippen LogP contribution in [0.3, 0.4) is 0 Å². The van der Waals surface area contributed by atoms with Crippen LogP contribution in [0.2, 0.25) is 0 Å². The van der Waals surface area contributed by atoms with Gasteiger partial charge in [0.05, 0.1) is 24.0 Å². The molecule has 1 aromatic carbocycles. The van der Waals surface area contributed by atoms with Crippen LogP contribution in [0, 0.1) is 11.6 Å². The zero-order valence-corrected chi connectivity index (χ0v) is 14.1. The lowest BCUT2D eigenvalue weighted by molar-refractivity contribution is -0.119. The first-order chi connectivity index (χ1) is 12.0. The molecule has 25 heavy (non-hydrogen) atoms. The fraction of sp³-hybridized carbons (Fsp3) is 0.368. The van der Waals surface area contributed by atoms with Crippen LogP contribution in [0.25, 0.3) is 0 Å². The van der Waals surface area contributed by atoms with Crippen molar-refractivity contribution in [1.82, 2.24) is 15.2 Å². The molecular weight excluding hydrogens is 324 g/mol. The highest BCUT2D eigenvalue weighted by Crippen LogP contribution is 2.32. The van der Waals surface area contributed by atoms with Crippen LogP contribution in [-0.4, -0.2) is 22.3 Å². The number of hydrogen-bond donors (Lipinski definition) is 1. The van der Waals surface area contributed by atoms with E-state index in [1.165, 1.54) is 19.1 Å². The fourth-order valence-electron chi connectivity index (χ4n) is 3.23. The Bertz CT molecular complexity index is 766. The zero-order valence-electron chi connectivity index (χ0n) is 14.1. The van der Waals surface area contributed by atoms with E-state index in [1.807, 2.05) is 18.2 Å². The molecule has 0 saturated carbocycles. The van der Waals surface area contributed by atoms with Gasteiger partial charge in [0.1, 0.15) is 11.6 Å². The number of likely N-dealkylation sites (tertiary alicyclic amines) is 1. The summed E-state index contributed by atoms with van der Waals surface area (Å²) in [6.45, 7) is 3.02. The van der Waals surface area contributed by atoms with Crippen molar-refractivity contribution in [3.8, 4) is 0 Å². The van der Waals surface area contributed by atoms with Gasteiger partial charge in [0.2, 0.25) is 5.91 Å². The standard InChI is InChI=1S/C19H21F2N3O/c1-13(25)22-11-16-4-2-5-18(23-16)19-6-3-9-24(19)12-14-10-15(20)7-8-17(14)21/h2,4-5,7-8,10,19H,3,6,9,11-12H2,1H3,(H,22,25)/t19-/m0/s1. The molecule has 2 aromatic rings. The third-order valence-electron chi connectivity index (χ3n) is 4.43. The number of carbonyl (C=O) groups is 1. The summed E-state index contributed by atoms with van der Waals surface area (Å²) in [7, 11) is 0. The molecule has 0 radical (unpaired) electrons. The maximum Gasteiger partial charge on any atom is 0.217 e. The highest BCUT2D eigenvalue weighted by molar-refractivity contribution is 5.72. The number of hydrogen-bond acceptors (Lipinski definition) is 3. The minimum Gasteiger partial charge on any atom is -0.351 e. The molecule has 6 heteroatoms. The number of aromatic nitrogens is 1. The Hall–Kier alpha value is -2.34. The van der Waals surface area contributed by atoms with Crippen LogP contribution >= 0.6 is 0 Å². The van der Waals surface area contributed by atoms with Gasteiger partial charge in [0.15, 0.2) is 0 Å². The molecule has 1 fully saturated rings. The van der Waals surface area contributed by atoms with Gasteiger partial charge in [-0.25, -0.2) is 8.78 Å². The average molecular weight is 345 g/mol. The molecule has 0 unspecified atom stereocenters. The molecule has 132 valence electrons. The van der Waals surface area contributed by atoms with E-state index in [-0.39, 0.29) is 17.8 Å². The number of nitrogens with one attached hydrogen (secondary N) is 1. The zero-order chi connectivity index (χ0) is 17.8. The van der Waals surface area contributed by atoms with Crippen molar-refractivity contribution in [2.24, 2.45) is 0 Å². The summed E-state index contributed by atoms with van der Waals surface area (Å²) >= 11 is 0. The molecule has 1 aliphatic heterocycles. The third-order valence-corrected chi connectivity index (χ3v) is 4.43. The van der Waals surface area contributed by atoms with Crippen molar-refractivity contribution >= 4 is 5.91 Å². The van der Waals surface area contributed by atoms with Gasteiger partial charge in [0, 0.05) is 19.0 Å². The lowest BCUT2D eigenvalue weighted by Gasteiger charge is -2.24. The summed E-state index contributed by atoms with van der Waals surface area (Å²) in [5.41, 5.74) is 2.05. The van der Waals surface area contributed by atoms with Crippen molar-refractivity contribution < 1.29 is 13.6 Å². The molecule has 1 aliphatic rings. The van der Waals surface area contributed by atoms with Gasteiger partial charge in [-0.1, -0.05) is 6.07 Å². The lowest BCUT2D eigenvalue weighted by Crippen LogP contribution is -2.25. The topological polar surface area (TPSA) is 45.2 Å². The van der Waals surface area contributed by atoms with Crippen molar-refractivity contribution in [2.45, 2.75) is 38.9 Å². The summed E-state index contributed by atoms with van der Waals surface area (Å²) in [6.07, 6.45) is 1.91. The maximum absolute atomic E-state index is 13.9. The molecule has 0 spiro atoms. The number of carbonyl (C=O) groups excluding carboxylic acids is 1. The first-order valence-electron chi connectivity index (χ1n) is 8.41. The van der Waals surface area contributed by atoms with E-state index >= 15 is 0 Å². The van der Waals surface area contributed by atoms with Crippen molar-refractivity contribution in [3.63, 3.8) is 0 Å². The summed E-state index contributed by atoms with van der Waals surface area (Å²) in [5.74, 6) is -0.918. The number of nitrogens with zero attached hydrogens (tertiary/aromatic N) is 2. The second-order valence-corrected chi connectivity index (χ2v) is 6.33. The number of halogens is 2. The molecule has 2 heterocycles.